The average molecular weight is 324 g/mol. The summed E-state index contributed by atoms with van der Waals surface area (Å²) in [6.45, 7) is 2.51. The molecule has 0 aliphatic rings. The van der Waals surface area contributed by atoms with Crippen LogP contribution >= 0.6 is 11.6 Å². The van der Waals surface area contributed by atoms with Crippen molar-refractivity contribution in [3.05, 3.63) is 47.9 Å². The van der Waals surface area contributed by atoms with Gasteiger partial charge in [-0.3, -0.25) is 4.79 Å². The van der Waals surface area contributed by atoms with E-state index in [1.165, 1.54) is 0 Å². The topological polar surface area (TPSA) is 60.7 Å². The number of hydrogen-bond donors (Lipinski definition) is 1. The van der Waals surface area contributed by atoms with Crippen molar-refractivity contribution in [2.45, 2.75) is 12.3 Å². The molecule has 22 heavy (non-hydrogen) atoms. The van der Waals surface area contributed by atoms with E-state index in [0.717, 1.165) is 5.75 Å². The maximum Gasteiger partial charge on any atom is 0.287 e. The van der Waals surface area contributed by atoms with E-state index in [2.05, 4.69) is 5.32 Å². The smallest absolute Gasteiger partial charge is 0.287 e. The third kappa shape index (κ3) is 4.43. The van der Waals surface area contributed by atoms with E-state index in [-0.39, 0.29) is 17.0 Å². The lowest BCUT2D eigenvalue weighted by Crippen LogP contribution is -2.27. The highest BCUT2D eigenvalue weighted by Gasteiger charge is 2.13. The van der Waals surface area contributed by atoms with Crippen LogP contribution in [0, 0.1) is 0 Å². The van der Waals surface area contributed by atoms with Gasteiger partial charge in [-0.25, -0.2) is 0 Å². The summed E-state index contributed by atoms with van der Waals surface area (Å²) in [6, 6.07) is 10.5. The first-order valence-electron chi connectivity index (χ1n) is 6.89. The fraction of sp³-hybridized carbons (Fsp3) is 0.312. The van der Waals surface area contributed by atoms with E-state index >= 15 is 0 Å². The number of amides is 1. The van der Waals surface area contributed by atoms with Crippen LogP contribution in [0.1, 0.15) is 28.6 Å². The molecule has 2 aromatic rings. The third-order valence-corrected chi connectivity index (χ3v) is 3.17. The molecule has 1 aromatic carbocycles. The lowest BCUT2D eigenvalue weighted by atomic mass is 10.3. The maximum atomic E-state index is 11.9. The minimum Gasteiger partial charge on any atom is -0.497 e. The standard InChI is InChI=1S/C16H18ClNO4/c1-11(17)14-7-8-15(22-14)16(19)18-9-10-21-13-5-3-12(20-2)4-6-13/h3-8,11H,9-10H2,1-2H3,(H,18,19). The molecule has 118 valence electrons. The summed E-state index contributed by atoms with van der Waals surface area (Å²) < 4.78 is 15.9. The molecule has 1 atom stereocenters. The van der Waals surface area contributed by atoms with Crippen molar-refractivity contribution in [1.29, 1.82) is 0 Å². The Kier molecular flexibility index (Phi) is 5.72. The van der Waals surface area contributed by atoms with Gasteiger partial charge in [0.15, 0.2) is 5.76 Å². The lowest BCUT2D eigenvalue weighted by molar-refractivity contribution is 0.0917. The molecule has 0 aliphatic heterocycles. The van der Waals surface area contributed by atoms with Gasteiger partial charge in [-0.2, -0.15) is 0 Å². The lowest BCUT2D eigenvalue weighted by Gasteiger charge is -2.07. The van der Waals surface area contributed by atoms with Gasteiger partial charge in [0, 0.05) is 0 Å². The van der Waals surface area contributed by atoms with Gasteiger partial charge in [-0.1, -0.05) is 0 Å². The monoisotopic (exact) mass is 323 g/mol. The Labute approximate surface area is 134 Å². The van der Waals surface area contributed by atoms with Crippen LogP contribution in [0.5, 0.6) is 11.5 Å². The predicted octanol–water partition coefficient (Wildman–Crippen LogP) is 3.40. The van der Waals surface area contributed by atoms with Gasteiger partial charge in [0.05, 0.1) is 19.0 Å². The van der Waals surface area contributed by atoms with Gasteiger partial charge in [0.25, 0.3) is 5.91 Å². The molecule has 1 aromatic heterocycles. The molecule has 1 amide bonds. The maximum absolute atomic E-state index is 11.9. The molecule has 0 saturated carbocycles. The normalized spacial score (nSPS) is 11.8. The van der Waals surface area contributed by atoms with Crippen LogP contribution in [0.2, 0.25) is 0 Å². The highest BCUT2D eigenvalue weighted by Crippen LogP contribution is 2.21. The van der Waals surface area contributed by atoms with Crippen LogP contribution in [0.25, 0.3) is 0 Å². The highest BCUT2D eigenvalue weighted by molar-refractivity contribution is 6.20. The Morgan fingerprint density at radius 2 is 1.91 bits per heavy atom. The summed E-state index contributed by atoms with van der Waals surface area (Å²) >= 11 is 5.88. The van der Waals surface area contributed by atoms with E-state index in [1.54, 1.807) is 38.3 Å². The molecular formula is C16H18ClNO4. The van der Waals surface area contributed by atoms with Crippen molar-refractivity contribution in [2.24, 2.45) is 0 Å². The van der Waals surface area contributed by atoms with Crippen molar-refractivity contribution in [3.63, 3.8) is 0 Å². The molecule has 5 nitrogen and oxygen atoms in total. The predicted molar refractivity (Wildman–Crippen MR) is 83.8 cm³/mol. The zero-order chi connectivity index (χ0) is 15.9. The molecule has 2 rings (SSSR count). The SMILES string of the molecule is COc1ccc(OCCNC(=O)c2ccc(C(C)Cl)o2)cc1. The average Bonchev–Trinajstić information content (AvgIpc) is 3.02. The molecule has 0 spiro atoms. The number of methoxy groups -OCH3 is 1. The summed E-state index contributed by atoms with van der Waals surface area (Å²) in [6.07, 6.45) is 0. The zero-order valence-corrected chi connectivity index (χ0v) is 13.2. The molecule has 1 unspecified atom stereocenters. The number of benzene rings is 1. The molecule has 0 aliphatic carbocycles. The van der Waals surface area contributed by atoms with Crippen molar-refractivity contribution in [1.82, 2.24) is 5.32 Å². The second kappa shape index (κ2) is 7.75. The number of nitrogens with one attached hydrogen (secondary N) is 1. The number of halogens is 1. The molecular weight excluding hydrogens is 306 g/mol. The molecule has 0 radical (unpaired) electrons. The van der Waals surface area contributed by atoms with E-state index in [9.17, 15) is 4.79 Å². The summed E-state index contributed by atoms with van der Waals surface area (Å²) in [5, 5.41) is 2.45. The molecule has 0 bridgehead atoms. The largest absolute Gasteiger partial charge is 0.497 e. The van der Waals surface area contributed by atoms with Gasteiger partial charge in [0.1, 0.15) is 23.9 Å². The Balaban J connectivity index is 1.74. The quantitative estimate of drug-likeness (QED) is 0.626. The number of alkyl halides is 1. The van der Waals surface area contributed by atoms with Crippen LogP contribution in [-0.4, -0.2) is 26.2 Å². The summed E-state index contributed by atoms with van der Waals surface area (Å²) in [7, 11) is 1.61. The zero-order valence-electron chi connectivity index (χ0n) is 12.5. The van der Waals surface area contributed by atoms with Crippen molar-refractivity contribution >= 4 is 17.5 Å². The first kappa shape index (κ1) is 16.2. The summed E-state index contributed by atoms with van der Waals surface area (Å²) in [5.74, 6) is 2.00. The molecule has 1 N–H and O–H groups in total. The number of rotatable bonds is 7. The van der Waals surface area contributed by atoms with E-state index in [1.807, 2.05) is 12.1 Å². The fourth-order valence-electron chi connectivity index (χ4n) is 1.78. The van der Waals surface area contributed by atoms with Gasteiger partial charge >= 0.3 is 0 Å². The summed E-state index contributed by atoms with van der Waals surface area (Å²) in [4.78, 5) is 11.9. The Morgan fingerprint density at radius 1 is 1.23 bits per heavy atom. The van der Waals surface area contributed by atoms with Crippen molar-refractivity contribution in [3.8, 4) is 11.5 Å². The van der Waals surface area contributed by atoms with Gasteiger partial charge in [-0.15, -0.1) is 11.6 Å². The minimum absolute atomic E-state index is 0.243. The van der Waals surface area contributed by atoms with Gasteiger partial charge < -0.3 is 19.2 Å². The fourth-order valence-corrected chi connectivity index (χ4v) is 1.90. The van der Waals surface area contributed by atoms with E-state index in [4.69, 9.17) is 25.5 Å². The van der Waals surface area contributed by atoms with Crippen LogP contribution in [0.15, 0.2) is 40.8 Å². The molecule has 0 fully saturated rings. The molecule has 6 heteroatoms. The second-order valence-corrected chi connectivity index (χ2v) is 5.25. The number of carbonyl (C=O) groups is 1. The van der Waals surface area contributed by atoms with Gasteiger partial charge in [-0.05, 0) is 43.3 Å². The van der Waals surface area contributed by atoms with Crippen LogP contribution in [0.4, 0.5) is 0 Å². The number of hydrogen-bond acceptors (Lipinski definition) is 4. The van der Waals surface area contributed by atoms with Crippen LogP contribution < -0.4 is 14.8 Å². The number of ether oxygens (including phenoxy) is 2. The first-order valence-corrected chi connectivity index (χ1v) is 7.32. The second-order valence-electron chi connectivity index (χ2n) is 4.60. The number of carbonyl (C=O) groups excluding carboxylic acids is 1. The minimum atomic E-state index is -0.290. The third-order valence-electron chi connectivity index (χ3n) is 2.96. The van der Waals surface area contributed by atoms with Gasteiger partial charge in [0.2, 0.25) is 0 Å². The molecule has 1 heterocycles. The van der Waals surface area contributed by atoms with Crippen LogP contribution in [-0.2, 0) is 0 Å². The van der Waals surface area contributed by atoms with Crippen molar-refractivity contribution < 1.29 is 18.7 Å². The number of furan rings is 1. The Bertz CT molecular complexity index is 607. The van der Waals surface area contributed by atoms with E-state index < -0.39 is 0 Å². The van der Waals surface area contributed by atoms with E-state index in [0.29, 0.717) is 24.7 Å². The Morgan fingerprint density at radius 3 is 2.50 bits per heavy atom. The highest BCUT2D eigenvalue weighted by atomic mass is 35.5. The first-order chi connectivity index (χ1) is 10.6. The van der Waals surface area contributed by atoms with Crippen LogP contribution in [0.3, 0.4) is 0 Å². The van der Waals surface area contributed by atoms with Crippen molar-refractivity contribution in [2.75, 3.05) is 20.3 Å². The summed E-state index contributed by atoms with van der Waals surface area (Å²) in [5.41, 5.74) is 0. The molecule has 0 saturated heterocycles. The Hall–Kier alpha value is -2.14.